The van der Waals surface area contributed by atoms with Crippen LogP contribution in [0.25, 0.3) is 0 Å². The van der Waals surface area contributed by atoms with Gasteiger partial charge >= 0.3 is 0 Å². The third-order valence-corrected chi connectivity index (χ3v) is 1.65. The zero-order valence-electron chi connectivity index (χ0n) is 6.95. The van der Waals surface area contributed by atoms with E-state index in [-0.39, 0.29) is 26.1 Å². The van der Waals surface area contributed by atoms with Crippen molar-refractivity contribution < 1.29 is 19.5 Å². The normalized spacial score (nSPS) is 18.5. The van der Waals surface area contributed by atoms with Crippen LogP contribution in [0.3, 0.4) is 0 Å². The van der Waals surface area contributed by atoms with Crippen molar-refractivity contribution in [2.75, 3.05) is 19.7 Å². The highest BCUT2D eigenvalue weighted by atomic mass is 16.3. The molecule has 0 spiro atoms. The molecule has 1 aliphatic rings. The van der Waals surface area contributed by atoms with Crippen LogP contribution in [0.1, 0.15) is 6.42 Å². The number of aliphatic hydroxyl groups is 1. The van der Waals surface area contributed by atoms with E-state index in [2.05, 4.69) is 0 Å². The Balaban J connectivity index is 2.68. The number of hydrogen-bond donors (Lipinski definition) is 2. The predicted molar refractivity (Wildman–Crippen MR) is 41.4 cm³/mol. The number of rotatable bonds is 2. The van der Waals surface area contributed by atoms with E-state index in [9.17, 15) is 14.4 Å². The Labute approximate surface area is 74.5 Å². The predicted octanol–water partition coefficient (Wildman–Crippen LogP) is -2.15. The quantitative estimate of drug-likeness (QED) is 0.380. The number of nitrogens with zero attached hydrogens (tertiary/aromatic N) is 1. The summed E-state index contributed by atoms with van der Waals surface area (Å²) in [6, 6.07) is 0. The second-order valence-corrected chi connectivity index (χ2v) is 2.69. The minimum atomic E-state index is -0.588. The van der Waals surface area contributed by atoms with Gasteiger partial charge in [0.2, 0.25) is 17.7 Å². The van der Waals surface area contributed by atoms with Crippen molar-refractivity contribution in [3.05, 3.63) is 0 Å². The average Bonchev–Trinajstić information content (AvgIpc) is 2.12. The Hall–Kier alpha value is -1.43. The molecule has 1 rings (SSSR count). The summed E-state index contributed by atoms with van der Waals surface area (Å²) in [6.07, 6.45) is -0.328. The molecule has 72 valence electrons. The third-order valence-electron chi connectivity index (χ3n) is 1.65. The molecule has 1 fully saturated rings. The molecule has 2 N–H and O–H groups in total. The fraction of sp³-hybridized carbons (Fsp3) is 0.571. The molecule has 0 bridgehead atoms. The van der Waals surface area contributed by atoms with E-state index >= 15 is 0 Å². The van der Waals surface area contributed by atoms with E-state index in [0.29, 0.717) is 0 Å². The molecular formula is C7H10N2O4. The van der Waals surface area contributed by atoms with Gasteiger partial charge in [0.15, 0.2) is 0 Å². The van der Waals surface area contributed by atoms with Crippen molar-refractivity contribution in [1.82, 2.24) is 10.2 Å². The maximum Gasteiger partial charge on any atom is 0.246 e. The number of amides is 3. The lowest BCUT2D eigenvalue weighted by Gasteiger charge is -2.16. The second kappa shape index (κ2) is 3.99. The Morgan fingerprint density at radius 3 is 2.62 bits per heavy atom. The first-order valence-corrected chi connectivity index (χ1v) is 3.85. The van der Waals surface area contributed by atoms with Crippen molar-refractivity contribution >= 4 is 17.7 Å². The molecular weight excluding hydrogens is 176 g/mol. The van der Waals surface area contributed by atoms with Crippen LogP contribution in [0.5, 0.6) is 0 Å². The Kier molecular flexibility index (Phi) is 2.97. The van der Waals surface area contributed by atoms with Gasteiger partial charge in [-0.15, -0.1) is 0 Å². The number of aliphatic hydroxyl groups excluding tert-OH is 1. The number of β-amino-alcohol motifs (C(OH)–C–C–N with tert-alkyl or cyclic N) is 1. The van der Waals surface area contributed by atoms with Crippen molar-refractivity contribution in [2.45, 2.75) is 6.42 Å². The van der Waals surface area contributed by atoms with E-state index in [1.54, 1.807) is 0 Å². The van der Waals surface area contributed by atoms with Gasteiger partial charge < -0.3 is 10.0 Å². The first-order chi connectivity index (χ1) is 6.13. The van der Waals surface area contributed by atoms with Gasteiger partial charge in [0.1, 0.15) is 13.0 Å². The lowest BCUT2D eigenvalue weighted by atomic mass is 10.3. The van der Waals surface area contributed by atoms with Crippen molar-refractivity contribution in [1.29, 1.82) is 0 Å². The van der Waals surface area contributed by atoms with Crippen LogP contribution in [0.4, 0.5) is 0 Å². The van der Waals surface area contributed by atoms with Crippen LogP contribution >= 0.6 is 0 Å². The molecule has 0 saturated carbocycles. The number of carbonyl (C=O) groups is 3. The summed E-state index contributed by atoms with van der Waals surface area (Å²) in [4.78, 5) is 34.0. The van der Waals surface area contributed by atoms with E-state index in [4.69, 9.17) is 5.11 Å². The van der Waals surface area contributed by atoms with Gasteiger partial charge in [-0.1, -0.05) is 0 Å². The molecule has 6 nitrogen and oxygen atoms in total. The van der Waals surface area contributed by atoms with Crippen molar-refractivity contribution in [3.8, 4) is 0 Å². The summed E-state index contributed by atoms with van der Waals surface area (Å²) >= 11 is 0. The summed E-state index contributed by atoms with van der Waals surface area (Å²) in [5.74, 6) is -1.53. The van der Waals surface area contributed by atoms with Gasteiger partial charge in [-0.3, -0.25) is 19.7 Å². The third kappa shape index (κ3) is 2.51. The SMILES string of the molecule is O=C1CC(=O)N(CCO)CC(=O)N1. The maximum absolute atomic E-state index is 11.2. The molecule has 3 amide bonds. The van der Waals surface area contributed by atoms with Crippen LogP contribution in [-0.2, 0) is 14.4 Å². The zero-order chi connectivity index (χ0) is 9.84. The highest BCUT2D eigenvalue weighted by Crippen LogP contribution is 1.98. The zero-order valence-corrected chi connectivity index (χ0v) is 6.95. The van der Waals surface area contributed by atoms with Crippen LogP contribution < -0.4 is 5.32 Å². The van der Waals surface area contributed by atoms with Crippen LogP contribution in [0, 0.1) is 0 Å². The highest BCUT2D eigenvalue weighted by molar-refractivity contribution is 6.07. The molecule has 0 atom stereocenters. The van der Waals surface area contributed by atoms with Crippen LogP contribution in [-0.4, -0.2) is 47.4 Å². The molecule has 1 aliphatic heterocycles. The molecule has 1 saturated heterocycles. The fourth-order valence-corrected chi connectivity index (χ4v) is 1.07. The minimum absolute atomic E-state index is 0.0829. The summed E-state index contributed by atoms with van der Waals surface area (Å²) in [5, 5.41) is 10.6. The lowest BCUT2D eigenvalue weighted by molar-refractivity contribution is -0.135. The Morgan fingerprint density at radius 1 is 1.31 bits per heavy atom. The van der Waals surface area contributed by atoms with E-state index in [1.807, 2.05) is 5.32 Å². The Morgan fingerprint density at radius 2 is 2.00 bits per heavy atom. The first-order valence-electron chi connectivity index (χ1n) is 3.85. The molecule has 13 heavy (non-hydrogen) atoms. The monoisotopic (exact) mass is 186 g/mol. The summed E-state index contributed by atoms with van der Waals surface area (Å²) < 4.78 is 0. The molecule has 0 aromatic carbocycles. The lowest BCUT2D eigenvalue weighted by Crippen LogP contribution is -2.37. The highest BCUT2D eigenvalue weighted by Gasteiger charge is 2.24. The van der Waals surface area contributed by atoms with E-state index < -0.39 is 17.7 Å². The molecule has 0 aliphatic carbocycles. The maximum atomic E-state index is 11.2. The molecule has 0 aromatic heterocycles. The van der Waals surface area contributed by atoms with Crippen molar-refractivity contribution in [3.63, 3.8) is 0 Å². The second-order valence-electron chi connectivity index (χ2n) is 2.69. The Bertz CT molecular complexity index is 251. The summed E-state index contributed by atoms with van der Waals surface area (Å²) in [7, 11) is 0. The molecule has 6 heteroatoms. The largest absolute Gasteiger partial charge is 0.395 e. The standard InChI is InChI=1S/C7H10N2O4/c10-2-1-9-4-6(12)8-5(11)3-7(9)13/h10H,1-4H2,(H,8,11,12). The van der Waals surface area contributed by atoms with E-state index in [0.717, 1.165) is 4.90 Å². The van der Waals surface area contributed by atoms with Gasteiger partial charge in [-0.2, -0.15) is 0 Å². The number of imide groups is 1. The van der Waals surface area contributed by atoms with Gasteiger partial charge in [0.05, 0.1) is 6.61 Å². The average molecular weight is 186 g/mol. The topological polar surface area (TPSA) is 86.7 Å². The van der Waals surface area contributed by atoms with Gasteiger partial charge in [-0.05, 0) is 0 Å². The smallest absolute Gasteiger partial charge is 0.246 e. The van der Waals surface area contributed by atoms with Gasteiger partial charge in [0.25, 0.3) is 0 Å². The minimum Gasteiger partial charge on any atom is -0.395 e. The number of nitrogens with one attached hydrogen (secondary N) is 1. The van der Waals surface area contributed by atoms with Crippen LogP contribution in [0.15, 0.2) is 0 Å². The molecule has 1 heterocycles. The summed E-state index contributed by atoms with van der Waals surface area (Å²) in [5.41, 5.74) is 0. The molecule has 0 aromatic rings. The first kappa shape index (κ1) is 9.66. The van der Waals surface area contributed by atoms with E-state index in [1.165, 1.54) is 0 Å². The van der Waals surface area contributed by atoms with Gasteiger partial charge in [0, 0.05) is 6.54 Å². The number of carbonyl (C=O) groups excluding carboxylic acids is 3. The van der Waals surface area contributed by atoms with Crippen LogP contribution in [0.2, 0.25) is 0 Å². The summed E-state index contributed by atoms with van der Waals surface area (Å²) in [6.45, 7) is -0.294. The fourth-order valence-electron chi connectivity index (χ4n) is 1.07. The van der Waals surface area contributed by atoms with Gasteiger partial charge in [-0.25, -0.2) is 0 Å². The van der Waals surface area contributed by atoms with Crippen molar-refractivity contribution in [2.24, 2.45) is 0 Å². The molecule has 0 unspecified atom stereocenters. The molecule has 0 radical (unpaired) electrons. The number of hydrogen-bond acceptors (Lipinski definition) is 4.